The van der Waals surface area contributed by atoms with Gasteiger partial charge in [-0.15, -0.1) is 0 Å². The van der Waals surface area contributed by atoms with Crippen LogP contribution in [0.1, 0.15) is 31.9 Å². The normalized spacial score (nSPS) is 16.7. The van der Waals surface area contributed by atoms with E-state index < -0.39 is 0 Å². The molecule has 6 heteroatoms. The van der Waals surface area contributed by atoms with Gasteiger partial charge >= 0.3 is 0 Å². The molecule has 0 bridgehead atoms. The van der Waals surface area contributed by atoms with E-state index in [0.29, 0.717) is 34.8 Å². The molecule has 0 spiro atoms. The van der Waals surface area contributed by atoms with E-state index in [2.05, 4.69) is 13.0 Å². The predicted molar refractivity (Wildman–Crippen MR) is 120 cm³/mol. The van der Waals surface area contributed by atoms with Crippen molar-refractivity contribution in [2.45, 2.75) is 27.2 Å². The maximum atomic E-state index is 12.7. The zero-order valence-electron chi connectivity index (χ0n) is 17.3. The Balaban J connectivity index is 1.90. The van der Waals surface area contributed by atoms with Gasteiger partial charge in [-0.2, -0.15) is 0 Å². The lowest BCUT2D eigenvalue weighted by molar-refractivity contribution is -0.121. The van der Waals surface area contributed by atoms with E-state index in [1.807, 2.05) is 56.3 Å². The molecular formula is C23H26N2O3S. The van der Waals surface area contributed by atoms with E-state index in [1.165, 1.54) is 11.8 Å². The van der Waals surface area contributed by atoms with Crippen LogP contribution in [0.15, 0.2) is 52.4 Å². The Bertz CT molecular complexity index is 953. The van der Waals surface area contributed by atoms with Crippen LogP contribution in [0.5, 0.6) is 11.5 Å². The second-order valence-corrected chi connectivity index (χ2v) is 7.43. The minimum atomic E-state index is -0.0606. The second-order valence-electron chi connectivity index (χ2n) is 6.42. The number of likely N-dealkylation sites (N-methyl/N-ethyl adjacent to an activating group) is 1. The number of benzene rings is 2. The maximum Gasteiger partial charge on any atom is 0.266 e. The Labute approximate surface area is 176 Å². The van der Waals surface area contributed by atoms with E-state index in [0.717, 1.165) is 23.2 Å². The van der Waals surface area contributed by atoms with Crippen LogP contribution in [0.2, 0.25) is 0 Å². The van der Waals surface area contributed by atoms with Crippen molar-refractivity contribution in [2.24, 2.45) is 4.99 Å². The van der Waals surface area contributed by atoms with Gasteiger partial charge in [-0.05, 0) is 67.4 Å². The number of aliphatic imine (C=N–C) groups is 1. The van der Waals surface area contributed by atoms with Gasteiger partial charge in [-0.3, -0.25) is 9.69 Å². The van der Waals surface area contributed by atoms with E-state index in [9.17, 15) is 4.79 Å². The first kappa shape index (κ1) is 21.0. The molecule has 1 heterocycles. The SMILES string of the molecule is CCOc1ccc(/C=C2/SC(=Nc3ccccc3CC)N(C)C2=O)cc1OCC. The smallest absolute Gasteiger partial charge is 0.266 e. The Morgan fingerprint density at radius 2 is 1.76 bits per heavy atom. The molecule has 0 radical (unpaired) electrons. The zero-order valence-corrected chi connectivity index (χ0v) is 18.1. The fourth-order valence-electron chi connectivity index (χ4n) is 2.98. The first-order chi connectivity index (χ1) is 14.1. The molecular weight excluding hydrogens is 384 g/mol. The first-order valence-corrected chi connectivity index (χ1v) is 10.6. The van der Waals surface area contributed by atoms with Gasteiger partial charge in [0.2, 0.25) is 0 Å². The molecule has 0 N–H and O–H groups in total. The summed E-state index contributed by atoms with van der Waals surface area (Å²) in [5.41, 5.74) is 2.95. The summed E-state index contributed by atoms with van der Waals surface area (Å²) < 4.78 is 11.3. The molecule has 3 rings (SSSR count). The van der Waals surface area contributed by atoms with Gasteiger partial charge in [0.25, 0.3) is 5.91 Å². The topological polar surface area (TPSA) is 51.1 Å². The van der Waals surface area contributed by atoms with Gasteiger partial charge in [0.05, 0.1) is 23.8 Å². The van der Waals surface area contributed by atoms with Crippen molar-refractivity contribution < 1.29 is 14.3 Å². The van der Waals surface area contributed by atoms with Crippen molar-refractivity contribution in [1.82, 2.24) is 4.90 Å². The van der Waals surface area contributed by atoms with Crippen LogP contribution in [0.3, 0.4) is 0 Å². The van der Waals surface area contributed by atoms with E-state index in [1.54, 1.807) is 11.9 Å². The number of thioether (sulfide) groups is 1. The summed E-state index contributed by atoms with van der Waals surface area (Å²) in [6, 6.07) is 13.7. The van der Waals surface area contributed by atoms with Crippen molar-refractivity contribution in [3.05, 3.63) is 58.5 Å². The summed E-state index contributed by atoms with van der Waals surface area (Å²) in [6.07, 6.45) is 2.76. The van der Waals surface area contributed by atoms with Gasteiger partial charge in [0, 0.05) is 7.05 Å². The molecule has 1 fully saturated rings. The van der Waals surface area contributed by atoms with Crippen molar-refractivity contribution in [2.75, 3.05) is 20.3 Å². The van der Waals surface area contributed by atoms with Crippen molar-refractivity contribution in [1.29, 1.82) is 0 Å². The van der Waals surface area contributed by atoms with E-state index >= 15 is 0 Å². The number of rotatable bonds is 7. The Morgan fingerprint density at radius 3 is 2.48 bits per heavy atom. The molecule has 29 heavy (non-hydrogen) atoms. The molecule has 0 unspecified atom stereocenters. The molecule has 152 valence electrons. The largest absolute Gasteiger partial charge is 0.490 e. The molecule has 0 atom stereocenters. The number of amidine groups is 1. The number of carbonyl (C=O) groups excluding carboxylic acids is 1. The summed E-state index contributed by atoms with van der Waals surface area (Å²) >= 11 is 1.38. The van der Waals surface area contributed by atoms with E-state index in [4.69, 9.17) is 14.5 Å². The van der Waals surface area contributed by atoms with Crippen molar-refractivity contribution in [3.63, 3.8) is 0 Å². The van der Waals surface area contributed by atoms with Crippen molar-refractivity contribution in [3.8, 4) is 11.5 Å². The number of ether oxygens (including phenoxy) is 2. The number of aryl methyl sites for hydroxylation is 1. The minimum Gasteiger partial charge on any atom is -0.490 e. The average Bonchev–Trinajstić information content (AvgIpc) is 2.98. The number of para-hydroxylation sites is 1. The number of carbonyl (C=O) groups is 1. The summed E-state index contributed by atoms with van der Waals surface area (Å²) in [5, 5.41) is 0.679. The summed E-state index contributed by atoms with van der Waals surface area (Å²) in [4.78, 5) is 19.7. The highest BCUT2D eigenvalue weighted by atomic mass is 32.2. The summed E-state index contributed by atoms with van der Waals surface area (Å²) in [7, 11) is 1.76. The average molecular weight is 411 g/mol. The van der Waals surface area contributed by atoms with Crippen LogP contribution in [0, 0.1) is 0 Å². The highest BCUT2D eigenvalue weighted by Gasteiger charge is 2.30. The van der Waals surface area contributed by atoms with Crippen molar-refractivity contribution >= 4 is 34.6 Å². The Kier molecular flexibility index (Phi) is 6.99. The van der Waals surface area contributed by atoms with Gasteiger partial charge in [-0.25, -0.2) is 4.99 Å². The second kappa shape index (κ2) is 9.65. The molecule has 2 aromatic rings. The molecule has 0 saturated carbocycles. The number of hydrogen-bond donors (Lipinski definition) is 0. The summed E-state index contributed by atoms with van der Waals surface area (Å²) in [6.45, 7) is 7.08. The van der Waals surface area contributed by atoms with E-state index in [-0.39, 0.29) is 5.91 Å². The van der Waals surface area contributed by atoms with Crippen LogP contribution >= 0.6 is 11.8 Å². The van der Waals surface area contributed by atoms with Crippen LogP contribution in [-0.4, -0.2) is 36.2 Å². The van der Waals surface area contributed by atoms with Crippen LogP contribution in [0.25, 0.3) is 6.08 Å². The fourth-order valence-corrected chi connectivity index (χ4v) is 3.96. The molecule has 5 nitrogen and oxygen atoms in total. The quantitative estimate of drug-likeness (QED) is 0.583. The van der Waals surface area contributed by atoms with Crippen LogP contribution < -0.4 is 9.47 Å². The molecule has 0 aromatic heterocycles. The molecule has 1 amide bonds. The third-order valence-electron chi connectivity index (χ3n) is 4.46. The first-order valence-electron chi connectivity index (χ1n) is 9.81. The third kappa shape index (κ3) is 4.82. The fraction of sp³-hybridized carbons (Fsp3) is 0.304. The number of amides is 1. The lowest BCUT2D eigenvalue weighted by Crippen LogP contribution is -2.23. The predicted octanol–water partition coefficient (Wildman–Crippen LogP) is 5.28. The highest BCUT2D eigenvalue weighted by Crippen LogP contribution is 2.35. The highest BCUT2D eigenvalue weighted by molar-refractivity contribution is 8.18. The zero-order chi connectivity index (χ0) is 20.8. The molecule has 1 aliphatic heterocycles. The van der Waals surface area contributed by atoms with Gasteiger partial charge in [-0.1, -0.05) is 31.2 Å². The van der Waals surface area contributed by atoms with Gasteiger partial charge in [0.1, 0.15) is 0 Å². The monoisotopic (exact) mass is 410 g/mol. The van der Waals surface area contributed by atoms with Crippen LogP contribution in [-0.2, 0) is 11.2 Å². The van der Waals surface area contributed by atoms with Gasteiger partial charge < -0.3 is 9.47 Å². The molecule has 1 saturated heterocycles. The lowest BCUT2D eigenvalue weighted by Gasteiger charge is -2.11. The molecule has 2 aromatic carbocycles. The number of nitrogens with zero attached hydrogens (tertiary/aromatic N) is 2. The number of hydrogen-bond acceptors (Lipinski definition) is 5. The van der Waals surface area contributed by atoms with Crippen LogP contribution in [0.4, 0.5) is 5.69 Å². The lowest BCUT2D eigenvalue weighted by atomic mass is 10.1. The molecule has 1 aliphatic rings. The maximum absolute atomic E-state index is 12.7. The molecule has 0 aliphatic carbocycles. The standard InChI is InChI=1S/C23H26N2O3S/c1-5-17-10-8-9-11-18(17)24-23-25(4)22(26)21(29-23)15-16-12-13-19(27-6-2)20(14-16)28-7-3/h8-15H,5-7H2,1-4H3/b21-15+,24-23?. The van der Waals surface area contributed by atoms with Gasteiger partial charge in [0.15, 0.2) is 16.7 Å². The third-order valence-corrected chi connectivity index (χ3v) is 5.52. The summed E-state index contributed by atoms with van der Waals surface area (Å²) in [5.74, 6) is 1.32. The minimum absolute atomic E-state index is 0.0606. The Morgan fingerprint density at radius 1 is 1.03 bits per heavy atom. The Hall–Kier alpha value is -2.73.